The molecule has 1 amide bonds. The van der Waals surface area contributed by atoms with Gasteiger partial charge in [-0.1, -0.05) is 18.2 Å². The summed E-state index contributed by atoms with van der Waals surface area (Å²) in [5, 5.41) is 15.8. The van der Waals surface area contributed by atoms with Crippen molar-refractivity contribution in [3.05, 3.63) is 53.6 Å². The van der Waals surface area contributed by atoms with Crippen molar-refractivity contribution in [1.82, 2.24) is 10.6 Å². The molecule has 26 heavy (non-hydrogen) atoms. The lowest BCUT2D eigenvalue weighted by atomic mass is 9.80. The van der Waals surface area contributed by atoms with Crippen molar-refractivity contribution in [2.75, 3.05) is 6.54 Å². The molecule has 2 heterocycles. The van der Waals surface area contributed by atoms with Gasteiger partial charge in [0.05, 0.1) is 12.6 Å². The predicted octanol–water partition coefficient (Wildman–Crippen LogP) is 1.06. The summed E-state index contributed by atoms with van der Waals surface area (Å²) in [6.07, 6.45) is 1.96. The number of carbonyl (C=O) groups excluding carboxylic acids is 1. The molecule has 2 aromatic carbocycles. The summed E-state index contributed by atoms with van der Waals surface area (Å²) in [5.74, 6) is 1.48. The summed E-state index contributed by atoms with van der Waals surface area (Å²) < 4.78 is 11.1. The van der Waals surface area contributed by atoms with Crippen LogP contribution in [0.1, 0.15) is 24.0 Å². The van der Waals surface area contributed by atoms with Gasteiger partial charge in [-0.3, -0.25) is 4.79 Å². The fourth-order valence-corrected chi connectivity index (χ4v) is 3.30. The highest BCUT2D eigenvalue weighted by molar-refractivity contribution is 6.61. The van der Waals surface area contributed by atoms with E-state index in [0.717, 1.165) is 41.7 Å². The monoisotopic (exact) mass is 352 g/mol. The molecular weight excluding hydrogens is 331 g/mol. The van der Waals surface area contributed by atoms with Gasteiger partial charge in [-0.05, 0) is 60.2 Å². The minimum atomic E-state index is -0.840. The van der Waals surface area contributed by atoms with Gasteiger partial charge < -0.3 is 25.0 Å². The fourth-order valence-electron chi connectivity index (χ4n) is 3.30. The molecule has 134 valence electrons. The highest BCUT2D eigenvalue weighted by Crippen LogP contribution is 2.24. The van der Waals surface area contributed by atoms with E-state index in [4.69, 9.17) is 9.39 Å². The Hall–Kier alpha value is -2.35. The van der Waals surface area contributed by atoms with Gasteiger partial charge in [0, 0.05) is 6.54 Å². The molecule has 6 nitrogen and oxygen atoms in total. The maximum Gasteiger partial charge on any atom is 0.491 e. The van der Waals surface area contributed by atoms with Crippen molar-refractivity contribution in [1.29, 1.82) is 0 Å². The number of hydrogen-bond acceptors (Lipinski definition) is 5. The Morgan fingerprint density at radius 2 is 2.08 bits per heavy atom. The third kappa shape index (κ3) is 3.75. The van der Waals surface area contributed by atoms with Crippen molar-refractivity contribution in [3.63, 3.8) is 0 Å². The average Bonchev–Trinajstić information content (AvgIpc) is 3.31. The second-order valence-corrected chi connectivity index (χ2v) is 6.64. The Balaban J connectivity index is 1.33. The van der Waals surface area contributed by atoms with Crippen LogP contribution in [0.15, 0.2) is 42.5 Å². The van der Waals surface area contributed by atoms with Crippen LogP contribution in [0.4, 0.5) is 0 Å². The molecule has 0 radical (unpaired) electrons. The van der Waals surface area contributed by atoms with Crippen LogP contribution in [0.25, 0.3) is 0 Å². The number of hydrogen-bond donors (Lipinski definition) is 3. The molecule has 2 aliphatic heterocycles. The van der Waals surface area contributed by atoms with Crippen molar-refractivity contribution in [3.8, 4) is 11.5 Å². The number of carbonyl (C=O) groups is 1. The van der Waals surface area contributed by atoms with Crippen molar-refractivity contribution in [2.24, 2.45) is 0 Å². The van der Waals surface area contributed by atoms with E-state index in [9.17, 15) is 9.82 Å². The van der Waals surface area contributed by atoms with E-state index in [2.05, 4.69) is 10.6 Å². The van der Waals surface area contributed by atoms with Crippen LogP contribution >= 0.6 is 0 Å². The van der Waals surface area contributed by atoms with Crippen molar-refractivity contribution < 1.29 is 19.2 Å². The lowest BCUT2D eigenvalue weighted by Gasteiger charge is -2.12. The number of ether oxygens (including phenoxy) is 1. The highest BCUT2D eigenvalue weighted by atomic mass is 16.5. The Morgan fingerprint density at radius 1 is 1.27 bits per heavy atom. The summed E-state index contributed by atoms with van der Waals surface area (Å²) >= 11 is 0. The van der Waals surface area contributed by atoms with E-state index in [-0.39, 0.29) is 11.9 Å². The van der Waals surface area contributed by atoms with Crippen molar-refractivity contribution >= 4 is 18.5 Å². The fraction of sp³-hybridized carbons (Fsp3) is 0.316. The molecule has 7 heteroatoms. The second-order valence-electron chi connectivity index (χ2n) is 6.64. The summed E-state index contributed by atoms with van der Waals surface area (Å²) in [5.41, 5.74) is 2.75. The first-order valence-electron chi connectivity index (χ1n) is 8.89. The zero-order chi connectivity index (χ0) is 17.9. The van der Waals surface area contributed by atoms with Crippen LogP contribution in [0.2, 0.25) is 0 Å². The summed E-state index contributed by atoms with van der Waals surface area (Å²) in [6, 6.07) is 13.1. The zero-order valence-corrected chi connectivity index (χ0v) is 14.4. The Bertz CT molecular complexity index is 791. The summed E-state index contributed by atoms with van der Waals surface area (Å²) in [4.78, 5) is 12.0. The number of amides is 1. The van der Waals surface area contributed by atoms with Gasteiger partial charge in [-0.15, -0.1) is 0 Å². The molecule has 0 spiro atoms. The van der Waals surface area contributed by atoms with Gasteiger partial charge in [0.1, 0.15) is 11.5 Å². The van der Waals surface area contributed by atoms with E-state index in [1.807, 2.05) is 42.5 Å². The smallest absolute Gasteiger partial charge is 0.457 e. The van der Waals surface area contributed by atoms with Gasteiger partial charge in [0.25, 0.3) is 0 Å². The third-order valence-electron chi connectivity index (χ3n) is 4.78. The van der Waals surface area contributed by atoms with Crippen molar-refractivity contribution in [2.45, 2.75) is 32.0 Å². The number of benzene rings is 2. The second kappa shape index (κ2) is 7.49. The maximum absolute atomic E-state index is 12.0. The normalized spacial score (nSPS) is 18.7. The van der Waals surface area contributed by atoms with Crippen LogP contribution in [0.5, 0.6) is 11.5 Å². The number of fused-ring (bicyclic) bond motifs is 1. The molecule has 0 bridgehead atoms. The quantitative estimate of drug-likeness (QED) is 0.702. The predicted molar refractivity (Wildman–Crippen MR) is 98.2 cm³/mol. The number of rotatable bonds is 5. The molecule has 1 atom stereocenters. The molecule has 2 aliphatic rings. The molecule has 4 rings (SSSR count). The SMILES string of the molecule is O=C(NCc1ccc(Oc2ccc3c(c2)COB3O)cc1)[C@H]1CCCN1. The Labute approximate surface area is 152 Å². The molecule has 1 saturated heterocycles. The van der Waals surface area contributed by atoms with Crippen LogP contribution < -0.4 is 20.8 Å². The Kier molecular flexibility index (Phi) is 4.92. The van der Waals surface area contributed by atoms with Gasteiger partial charge >= 0.3 is 7.12 Å². The van der Waals surface area contributed by atoms with E-state index >= 15 is 0 Å². The molecule has 2 aromatic rings. The molecular formula is C19H21BN2O4. The minimum Gasteiger partial charge on any atom is -0.457 e. The topological polar surface area (TPSA) is 79.8 Å². The number of nitrogens with one attached hydrogen (secondary N) is 2. The molecule has 0 aliphatic carbocycles. The standard InChI is InChI=1S/C19H21BN2O4/c23-19(18-2-1-9-21-18)22-11-13-3-5-15(6-4-13)26-16-7-8-17-14(10-16)12-25-20(17)24/h3-8,10,18,21,24H,1-2,9,11-12H2,(H,22,23)/t18-/m1/s1. The van der Waals surface area contributed by atoms with E-state index < -0.39 is 7.12 Å². The van der Waals surface area contributed by atoms with Crippen LogP contribution in [0, 0.1) is 0 Å². The largest absolute Gasteiger partial charge is 0.491 e. The van der Waals surface area contributed by atoms with Gasteiger partial charge in [0.15, 0.2) is 0 Å². The minimum absolute atomic E-state index is 0.0556. The first kappa shape index (κ1) is 17.1. The van der Waals surface area contributed by atoms with E-state index in [0.29, 0.717) is 18.9 Å². The molecule has 0 saturated carbocycles. The molecule has 3 N–H and O–H groups in total. The summed E-state index contributed by atoms with van der Waals surface area (Å²) in [7, 11) is -0.840. The highest BCUT2D eigenvalue weighted by Gasteiger charge is 2.27. The summed E-state index contributed by atoms with van der Waals surface area (Å²) in [6.45, 7) is 1.81. The van der Waals surface area contributed by atoms with E-state index in [1.54, 1.807) is 0 Å². The first-order chi connectivity index (χ1) is 12.7. The lowest BCUT2D eigenvalue weighted by Crippen LogP contribution is -2.39. The zero-order valence-electron chi connectivity index (χ0n) is 14.4. The first-order valence-corrected chi connectivity index (χ1v) is 8.89. The van der Waals surface area contributed by atoms with Gasteiger partial charge in [0.2, 0.25) is 5.91 Å². The van der Waals surface area contributed by atoms with Crippen LogP contribution in [-0.4, -0.2) is 30.6 Å². The molecule has 0 aromatic heterocycles. The Morgan fingerprint density at radius 3 is 2.85 bits per heavy atom. The third-order valence-corrected chi connectivity index (χ3v) is 4.78. The lowest BCUT2D eigenvalue weighted by molar-refractivity contribution is -0.122. The van der Waals surface area contributed by atoms with Crippen LogP contribution in [-0.2, 0) is 22.6 Å². The molecule has 1 fully saturated rings. The maximum atomic E-state index is 12.0. The van der Waals surface area contributed by atoms with Crippen LogP contribution in [0.3, 0.4) is 0 Å². The average molecular weight is 352 g/mol. The van der Waals surface area contributed by atoms with Gasteiger partial charge in [-0.2, -0.15) is 0 Å². The van der Waals surface area contributed by atoms with Gasteiger partial charge in [-0.25, -0.2) is 0 Å². The van der Waals surface area contributed by atoms with E-state index in [1.165, 1.54) is 0 Å². The molecule has 0 unspecified atom stereocenters.